The normalized spacial score (nSPS) is 10.4. The van der Waals surface area contributed by atoms with E-state index in [0.717, 1.165) is 5.56 Å². The maximum Gasteiger partial charge on any atom is 0.407 e. The van der Waals surface area contributed by atoms with Crippen molar-refractivity contribution < 1.29 is 33.3 Å². The van der Waals surface area contributed by atoms with E-state index in [9.17, 15) is 14.4 Å². The van der Waals surface area contributed by atoms with Gasteiger partial charge >= 0.3 is 18.0 Å². The Labute approximate surface area is 190 Å². The van der Waals surface area contributed by atoms with Crippen molar-refractivity contribution in [2.24, 2.45) is 0 Å². The lowest BCUT2D eigenvalue weighted by atomic mass is 9.97. The van der Waals surface area contributed by atoms with Crippen LogP contribution in [-0.2, 0) is 27.2 Å². The van der Waals surface area contributed by atoms with Crippen LogP contribution in [0.15, 0.2) is 48.5 Å². The fraction of sp³-hybridized carbons (Fsp3) is 0.250. The Morgan fingerprint density at radius 1 is 0.939 bits per heavy atom. The van der Waals surface area contributed by atoms with E-state index in [-0.39, 0.29) is 30.8 Å². The smallest absolute Gasteiger partial charge is 0.407 e. The average Bonchev–Trinajstić information content (AvgIpc) is 2.86. The predicted octanol–water partition coefficient (Wildman–Crippen LogP) is 3.29. The summed E-state index contributed by atoms with van der Waals surface area (Å²) in [5.74, 6) is -0.971. The second kappa shape index (κ2) is 10.9. The lowest BCUT2D eigenvalue weighted by Gasteiger charge is -2.16. The highest BCUT2D eigenvalue weighted by Gasteiger charge is 2.26. The molecule has 0 bridgehead atoms. The molecule has 0 unspecified atom stereocenters. The van der Waals surface area contributed by atoms with Gasteiger partial charge < -0.3 is 24.3 Å². The van der Waals surface area contributed by atoms with Gasteiger partial charge in [0.2, 0.25) is 0 Å². The van der Waals surface area contributed by atoms with Crippen LogP contribution in [0.3, 0.4) is 0 Å². The van der Waals surface area contributed by atoms with E-state index >= 15 is 0 Å². The standard InChI is InChI=1S/C24H24N2O7/c1-30-16-9-10-19-18(13-16)17(20(22(27)31-2)21(26-19)23(28)32-3)11-12-25-24(29)33-14-15-7-5-4-6-8-15/h4-10,13H,11-12,14H2,1-3H3,(H,25,29). The SMILES string of the molecule is COC(=O)c1nc2ccc(OC)cc2c(CCNC(=O)OCc2ccccc2)c1C(=O)OC. The number of nitrogens with one attached hydrogen (secondary N) is 1. The quantitative estimate of drug-likeness (QED) is 0.409. The van der Waals surface area contributed by atoms with Crippen molar-refractivity contribution in [3.63, 3.8) is 0 Å². The summed E-state index contributed by atoms with van der Waals surface area (Å²) in [7, 11) is 3.93. The van der Waals surface area contributed by atoms with Gasteiger partial charge in [0, 0.05) is 11.9 Å². The van der Waals surface area contributed by atoms with Crippen molar-refractivity contribution in [3.05, 3.63) is 70.9 Å². The molecule has 0 spiro atoms. The summed E-state index contributed by atoms with van der Waals surface area (Å²) in [6, 6.07) is 14.3. The Balaban J connectivity index is 1.89. The van der Waals surface area contributed by atoms with E-state index in [1.807, 2.05) is 30.3 Å². The molecule has 9 heteroatoms. The molecule has 0 aliphatic rings. The van der Waals surface area contributed by atoms with E-state index in [1.165, 1.54) is 21.3 Å². The maximum atomic E-state index is 12.6. The molecule has 1 aromatic heterocycles. The van der Waals surface area contributed by atoms with Crippen molar-refractivity contribution >= 4 is 28.9 Å². The van der Waals surface area contributed by atoms with Gasteiger partial charge in [-0.15, -0.1) is 0 Å². The third-order valence-corrected chi connectivity index (χ3v) is 4.93. The highest BCUT2D eigenvalue weighted by atomic mass is 16.5. The molecule has 0 radical (unpaired) electrons. The summed E-state index contributed by atoms with van der Waals surface area (Å²) in [5.41, 5.74) is 1.60. The molecule has 172 valence electrons. The molecule has 1 amide bonds. The molecule has 1 heterocycles. The van der Waals surface area contributed by atoms with Crippen LogP contribution in [0.1, 0.15) is 32.0 Å². The lowest BCUT2D eigenvalue weighted by Crippen LogP contribution is -2.27. The Bertz CT molecular complexity index is 1160. The monoisotopic (exact) mass is 452 g/mol. The molecular formula is C24H24N2O7. The van der Waals surface area contributed by atoms with Crippen molar-refractivity contribution in [2.45, 2.75) is 13.0 Å². The van der Waals surface area contributed by atoms with Gasteiger partial charge in [0.25, 0.3) is 0 Å². The Hall–Kier alpha value is -4.14. The minimum atomic E-state index is -0.774. The van der Waals surface area contributed by atoms with E-state index < -0.39 is 18.0 Å². The number of benzene rings is 2. The highest BCUT2D eigenvalue weighted by molar-refractivity contribution is 6.07. The van der Waals surface area contributed by atoms with Crippen LogP contribution >= 0.6 is 0 Å². The average molecular weight is 452 g/mol. The zero-order valence-corrected chi connectivity index (χ0v) is 18.5. The number of carbonyl (C=O) groups excluding carboxylic acids is 3. The summed E-state index contributed by atoms with van der Waals surface area (Å²) in [6.07, 6.45) is -0.413. The summed E-state index contributed by atoms with van der Waals surface area (Å²) in [5, 5.41) is 3.25. The first kappa shape index (κ1) is 23.5. The molecule has 0 saturated heterocycles. The van der Waals surface area contributed by atoms with Crippen LogP contribution < -0.4 is 10.1 Å². The van der Waals surface area contributed by atoms with Crippen LogP contribution in [0.5, 0.6) is 5.75 Å². The summed E-state index contributed by atoms with van der Waals surface area (Å²) >= 11 is 0. The fourth-order valence-electron chi connectivity index (χ4n) is 3.32. The summed E-state index contributed by atoms with van der Waals surface area (Å²) in [4.78, 5) is 41.4. The van der Waals surface area contributed by atoms with Gasteiger partial charge in [-0.2, -0.15) is 0 Å². The van der Waals surface area contributed by atoms with Crippen molar-refractivity contribution in [1.29, 1.82) is 0 Å². The van der Waals surface area contributed by atoms with Crippen LogP contribution in [0, 0.1) is 0 Å². The van der Waals surface area contributed by atoms with Gasteiger partial charge in [-0.05, 0) is 35.7 Å². The van der Waals surface area contributed by atoms with E-state index in [0.29, 0.717) is 22.2 Å². The zero-order valence-electron chi connectivity index (χ0n) is 18.5. The molecule has 0 saturated carbocycles. The Morgan fingerprint density at radius 3 is 2.33 bits per heavy atom. The van der Waals surface area contributed by atoms with Gasteiger partial charge in [0.05, 0.1) is 32.4 Å². The molecule has 0 aliphatic heterocycles. The number of esters is 2. The van der Waals surface area contributed by atoms with Gasteiger partial charge in [-0.3, -0.25) is 0 Å². The summed E-state index contributed by atoms with van der Waals surface area (Å²) in [6.45, 7) is 0.260. The van der Waals surface area contributed by atoms with Crippen LogP contribution in [0.25, 0.3) is 10.9 Å². The third kappa shape index (κ3) is 5.57. The molecule has 33 heavy (non-hydrogen) atoms. The number of aromatic nitrogens is 1. The first-order valence-electron chi connectivity index (χ1n) is 10.1. The number of ether oxygens (including phenoxy) is 4. The largest absolute Gasteiger partial charge is 0.497 e. The molecule has 0 fully saturated rings. The number of fused-ring (bicyclic) bond motifs is 1. The van der Waals surface area contributed by atoms with Crippen LogP contribution in [0.2, 0.25) is 0 Å². The molecule has 2 aromatic carbocycles. The first-order chi connectivity index (χ1) is 16.0. The molecule has 0 aliphatic carbocycles. The molecule has 9 nitrogen and oxygen atoms in total. The number of amides is 1. The molecule has 1 N–H and O–H groups in total. The van der Waals surface area contributed by atoms with Gasteiger partial charge in [0.15, 0.2) is 5.69 Å². The number of pyridine rings is 1. The highest BCUT2D eigenvalue weighted by Crippen LogP contribution is 2.28. The predicted molar refractivity (Wildman–Crippen MR) is 119 cm³/mol. The number of hydrogen-bond donors (Lipinski definition) is 1. The van der Waals surface area contributed by atoms with E-state index in [1.54, 1.807) is 18.2 Å². The number of methoxy groups -OCH3 is 3. The number of rotatable bonds is 8. The van der Waals surface area contributed by atoms with Crippen molar-refractivity contribution in [1.82, 2.24) is 10.3 Å². The maximum absolute atomic E-state index is 12.6. The zero-order chi connectivity index (χ0) is 23.8. The summed E-state index contributed by atoms with van der Waals surface area (Å²) < 4.78 is 20.2. The second-order valence-electron chi connectivity index (χ2n) is 6.92. The number of nitrogens with zero attached hydrogens (tertiary/aromatic N) is 1. The lowest BCUT2D eigenvalue weighted by molar-refractivity contribution is 0.0549. The molecule has 0 atom stereocenters. The minimum absolute atomic E-state index is 0.0236. The molecular weight excluding hydrogens is 428 g/mol. The number of hydrogen-bond acceptors (Lipinski definition) is 8. The topological polar surface area (TPSA) is 113 Å². The third-order valence-electron chi connectivity index (χ3n) is 4.93. The van der Waals surface area contributed by atoms with Gasteiger partial charge in [-0.25, -0.2) is 19.4 Å². The van der Waals surface area contributed by atoms with E-state index in [4.69, 9.17) is 18.9 Å². The first-order valence-corrected chi connectivity index (χ1v) is 10.1. The molecule has 3 rings (SSSR count). The Morgan fingerprint density at radius 2 is 1.67 bits per heavy atom. The molecule has 3 aromatic rings. The van der Waals surface area contributed by atoms with Gasteiger partial charge in [0.1, 0.15) is 12.4 Å². The van der Waals surface area contributed by atoms with Crippen LogP contribution in [-0.4, -0.2) is 50.9 Å². The van der Waals surface area contributed by atoms with Gasteiger partial charge in [-0.1, -0.05) is 30.3 Å². The van der Waals surface area contributed by atoms with Crippen molar-refractivity contribution in [3.8, 4) is 5.75 Å². The van der Waals surface area contributed by atoms with Crippen LogP contribution in [0.4, 0.5) is 4.79 Å². The number of carbonyl (C=O) groups is 3. The second-order valence-corrected chi connectivity index (χ2v) is 6.92. The fourth-order valence-corrected chi connectivity index (χ4v) is 3.32. The minimum Gasteiger partial charge on any atom is -0.497 e. The number of alkyl carbamates (subject to hydrolysis) is 1. The van der Waals surface area contributed by atoms with Crippen molar-refractivity contribution in [2.75, 3.05) is 27.9 Å². The Kier molecular flexibility index (Phi) is 7.80. The van der Waals surface area contributed by atoms with E-state index in [2.05, 4.69) is 10.3 Å².